The van der Waals surface area contributed by atoms with Gasteiger partial charge in [-0.1, -0.05) is 22.9 Å². The summed E-state index contributed by atoms with van der Waals surface area (Å²) in [6.07, 6.45) is 1.13. The van der Waals surface area contributed by atoms with Gasteiger partial charge in [0, 0.05) is 18.1 Å². The molecule has 0 heterocycles. The molecule has 20 heavy (non-hydrogen) atoms. The first kappa shape index (κ1) is 17.4. The van der Waals surface area contributed by atoms with Crippen molar-refractivity contribution < 1.29 is 14.2 Å². The van der Waals surface area contributed by atoms with Crippen LogP contribution >= 0.6 is 15.9 Å². The summed E-state index contributed by atoms with van der Waals surface area (Å²) < 4.78 is 17.0. The van der Waals surface area contributed by atoms with E-state index >= 15 is 0 Å². The average molecular weight is 346 g/mol. The largest absolute Gasteiger partial charge is 0.491 e. The lowest BCUT2D eigenvalue weighted by Crippen LogP contribution is -2.14. The Labute approximate surface area is 129 Å². The number of hydrogen-bond donors (Lipinski definition) is 1. The molecule has 0 aliphatic carbocycles. The van der Waals surface area contributed by atoms with Crippen LogP contribution in [-0.4, -0.2) is 40.1 Å². The second kappa shape index (κ2) is 11.1. The lowest BCUT2D eigenvalue weighted by molar-refractivity contribution is 0.0544. The van der Waals surface area contributed by atoms with E-state index in [0.717, 1.165) is 29.7 Å². The molecular formula is C15H24BrNO3. The number of ether oxygens (including phenoxy) is 3. The quantitative estimate of drug-likeness (QED) is 0.626. The Hall–Kier alpha value is -0.620. The third-order valence-electron chi connectivity index (χ3n) is 2.69. The Morgan fingerprint density at radius 1 is 1.15 bits per heavy atom. The standard InChI is InChI=1S/C15H24BrNO3/c1-3-6-17-12-13-11-14(4-5-15(13)16)20-10-9-19-8-7-18-2/h4-5,11,17H,3,6-10,12H2,1-2H3. The summed E-state index contributed by atoms with van der Waals surface area (Å²) in [7, 11) is 1.66. The number of methoxy groups -OCH3 is 1. The number of rotatable bonds is 11. The second-order valence-electron chi connectivity index (χ2n) is 4.38. The van der Waals surface area contributed by atoms with Crippen LogP contribution in [0.15, 0.2) is 22.7 Å². The Morgan fingerprint density at radius 2 is 1.95 bits per heavy atom. The summed E-state index contributed by atoms with van der Waals surface area (Å²) in [6, 6.07) is 6.04. The maximum Gasteiger partial charge on any atom is 0.119 e. The van der Waals surface area contributed by atoms with E-state index in [1.54, 1.807) is 7.11 Å². The van der Waals surface area contributed by atoms with E-state index in [0.29, 0.717) is 26.4 Å². The number of hydrogen-bond acceptors (Lipinski definition) is 4. The zero-order valence-electron chi connectivity index (χ0n) is 12.3. The summed E-state index contributed by atoms with van der Waals surface area (Å²) in [4.78, 5) is 0. The van der Waals surface area contributed by atoms with Gasteiger partial charge in [-0.15, -0.1) is 0 Å². The van der Waals surface area contributed by atoms with E-state index in [1.165, 1.54) is 5.56 Å². The van der Waals surface area contributed by atoms with Crippen LogP contribution in [0.25, 0.3) is 0 Å². The van der Waals surface area contributed by atoms with Gasteiger partial charge in [-0.3, -0.25) is 0 Å². The van der Waals surface area contributed by atoms with Crippen LogP contribution in [0.2, 0.25) is 0 Å². The summed E-state index contributed by atoms with van der Waals surface area (Å²) in [5, 5.41) is 3.39. The molecule has 0 aromatic heterocycles. The molecule has 0 aliphatic rings. The van der Waals surface area contributed by atoms with E-state index < -0.39 is 0 Å². The van der Waals surface area contributed by atoms with Crippen LogP contribution in [0.4, 0.5) is 0 Å². The van der Waals surface area contributed by atoms with Gasteiger partial charge < -0.3 is 19.5 Å². The van der Waals surface area contributed by atoms with Crippen molar-refractivity contribution in [3.05, 3.63) is 28.2 Å². The third kappa shape index (κ3) is 7.24. The van der Waals surface area contributed by atoms with Gasteiger partial charge in [0.05, 0.1) is 19.8 Å². The molecule has 0 saturated carbocycles. The average Bonchev–Trinajstić information content (AvgIpc) is 2.46. The van der Waals surface area contributed by atoms with Gasteiger partial charge in [0.15, 0.2) is 0 Å². The fourth-order valence-electron chi connectivity index (χ4n) is 1.64. The van der Waals surface area contributed by atoms with Gasteiger partial charge >= 0.3 is 0 Å². The monoisotopic (exact) mass is 345 g/mol. The molecule has 1 rings (SSSR count). The third-order valence-corrected chi connectivity index (χ3v) is 3.46. The second-order valence-corrected chi connectivity index (χ2v) is 5.24. The molecule has 114 valence electrons. The molecule has 0 radical (unpaired) electrons. The van der Waals surface area contributed by atoms with Crippen molar-refractivity contribution in [2.75, 3.05) is 40.1 Å². The summed E-state index contributed by atoms with van der Waals surface area (Å²) in [6.45, 7) is 6.36. The Balaban J connectivity index is 2.32. The summed E-state index contributed by atoms with van der Waals surface area (Å²) >= 11 is 3.56. The molecular weight excluding hydrogens is 322 g/mol. The van der Waals surface area contributed by atoms with Crippen LogP contribution in [-0.2, 0) is 16.0 Å². The van der Waals surface area contributed by atoms with E-state index in [4.69, 9.17) is 14.2 Å². The highest BCUT2D eigenvalue weighted by Crippen LogP contribution is 2.22. The van der Waals surface area contributed by atoms with Crippen molar-refractivity contribution >= 4 is 15.9 Å². The van der Waals surface area contributed by atoms with Gasteiger partial charge in [0.1, 0.15) is 12.4 Å². The minimum atomic E-state index is 0.549. The first-order valence-electron chi connectivity index (χ1n) is 6.96. The fourth-order valence-corrected chi connectivity index (χ4v) is 2.03. The highest BCUT2D eigenvalue weighted by atomic mass is 79.9. The van der Waals surface area contributed by atoms with Gasteiger partial charge in [0.25, 0.3) is 0 Å². The van der Waals surface area contributed by atoms with Crippen molar-refractivity contribution in [1.82, 2.24) is 5.32 Å². The molecule has 4 nitrogen and oxygen atoms in total. The van der Waals surface area contributed by atoms with Crippen LogP contribution in [0.5, 0.6) is 5.75 Å². The first-order valence-corrected chi connectivity index (χ1v) is 7.75. The molecule has 0 unspecified atom stereocenters. The molecule has 0 atom stereocenters. The predicted molar refractivity (Wildman–Crippen MR) is 84.3 cm³/mol. The molecule has 1 aromatic rings. The summed E-state index contributed by atoms with van der Waals surface area (Å²) in [5.41, 5.74) is 1.20. The van der Waals surface area contributed by atoms with Gasteiger partial charge in [-0.05, 0) is 36.7 Å². The van der Waals surface area contributed by atoms with Crippen molar-refractivity contribution in [3.8, 4) is 5.75 Å². The van der Waals surface area contributed by atoms with Crippen LogP contribution in [0, 0.1) is 0 Å². The van der Waals surface area contributed by atoms with E-state index in [2.05, 4.69) is 34.2 Å². The van der Waals surface area contributed by atoms with Crippen LogP contribution < -0.4 is 10.1 Å². The number of halogens is 1. The van der Waals surface area contributed by atoms with Crippen molar-refractivity contribution in [3.63, 3.8) is 0 Å². The Morgan fingerprint density at radius 3 is 2.70 bits per heavy atom. The first-order chi connectivity index (χ1) is 9.77. The molecule has 0 amide bonds. The van der Waals surface area contributed by atoms with Gasteiger partial charge in [-0.25, -0.2) is 0 Å². The van der Waals surface area contributed by atoms with Crippen LogP contribution in [0.1, 0.15) is 18.9 Å². The topological polar surface area (TPSA) is 39.7 Å². The van der Waals surface area contributed by atoms with Crippen LogP contribution in [0.3, 0.4) is 0 Å². The molecule has 1 N–H and O–H groups in total. The Bertz CT molecular complexity index is 374. The van der Waals surface area contributed by atoms with E-state index in [-0.39, 0.29) is 0 Å². The summed E-state index contributed by atoms with van der Waals surface area (Å²) in [5.74, 6) is 0.872. The predicted octanol–water partition coefficient (Wildman–Crippen LogP) is 2.99. The highest BCUT2D eigenvalue weighted by molar-refractivity contribution is 9.10. The number of nitrogens with one attached hydrogen (secondary N) is 1. The molecule has 0 aliphatic heterocycles. The van der Waals surface area contributed by atoms with Gasteiger partial charge in [-0.2, -0.15) is 0 Å². The highest BCUT2D eigenvalue weighted by Gasteiger charge is 2.02. The molecule has 0 fully saturated rings. The van der Waals surface area contributed by atoms with E-state index in [9.17, 15) is 0 Å². The zero-order chi connectivity index (χ0) is 14.6. The minimum Gasteiger partial charge on any atom is -0.491 e. The maximum absolute atomic E-state index is 5.67. The number of benzene rings is 1. The molecule has 5 heteroatoms. The lowest BCUT2D eigenvalue weighted by Gasteiger charge is -2.11. The van der Waals surface area contributed by atoms with Crippen molar-refractivity contribution in [1.29, 1.82) is 0 Å². The van der Waals surface area contributed by atoms with Gasteiger partial charge in [0.2, 0.25) is 0 Å². The molecule has 0 saturated heterocycles. The SMILES string of the molecule is CCCNCc1cc(OCCOCCOC)ccc1Br. The smallest absolute Gasteiger partial charge is 0.119 e. The zero-order valence-corrected chi connectivity index (χ0v) is 13.9. The maximum atomic E-state index is 5.67. The minimum absolute atomic E-state index is 0.549. The fraction of sp³-hybridized carbons (Fsp3) is 0.600. The van der Waals surface area contributed by atoms with Crippen molar-refractivity contribution in [2.45, 2.75) is 19.9 Å². The lowest BCUT2D eigenvalue weighted by atomic mass is 10.2. The molecule has 0 spiro atoms. The Kier molecular flexibility index (Phi) is 9.66. The van der Waals surface area contributed by atoms with Crippen molar-refractivity contribution in [2.24, 2.45) is 0 Å². The molecule has 1 aromatic carbocycles. The molecule has 0 bridgehead atoms. The normalized spacial score (nSPS) is 10.8. The van der Waals surface area contributed by atoms with E-state index in [1.807, 2.05) is 12.1 Å².